The van der Waals surface area contributed by atoms with Gasteiger partial charge in [0.1, 0.15) is 0 Å². The number of benzene rings is 8. The van der Waals surface area contributed by atoms with Crippen molar-refractivity contribution >= 4 is 70.4 Å². The van der Waals surface area contributed by atoms with Gasteiger partial charge in [0.15, 0.2) is 0 Å². The molecule has 10 aromatic rings. The van der Waals surface area contributed by atoms with Crippen LogP contribution in [0.15, 0.2) is 152 Å². The summed E-state index contributed by atoms with van der Waals surface area (Å²) < 4.78 is 2.49. The second-order valence-electron chi connectivity index (χ2n) is 11.7. The molecule has 10 rings (SSSR count). The zero-order valence-corrected chi connectivity index (χ0v) is 23.4. The van der Waals surface area contributed by atoms with Gasteiger partial charge in [0.25, 0.3) is 0 Å². The lowest BCUT2D eigenvalue weighted by Gasteiger charge is -2.18. The van der Waals surface area contributed by atoms with Gasteiger partial charge in [0.2, 0.25) is 0 Å². The molecular weight excluding hydrogens is 518 g/mol. The van der Waals surface area contributed by atoms with Gasteiger partial charge in [-0.3, -0.25) is 0 Å². The van der Waals surface area contributed by atoms with Crippen molar-refractivity contribution in [1.82, 2.24) is 4.40 Å². The molecule has 0 radical (unpaired) electrons. The molecule has 0 amide bonds. The van der Waals surface area contributed by atoms with Crippen LogP contribution in [-0.4, -0.2) is 4.40 Å². The van der Waals surface area contributed by atoms with E-state index in [2.05, 4.69) is 156 Å². The predicted molar refractivity (Wildman–Crippen MR) is 184 cm³/mol. The molecule has 0 fully saturated rings. The average Bonchev–Trinajstić information content (AvgIpc) is 3.57. The predicted octanol–water partition coefficient (Wildman–Crippen LogP) is 11.6. The van der Waals surface area contributed by atoms with E-state index in [1.165, 1.54) is 92.7 Å². The Kier molecular flexibility index (Phi) is 4.51. The summed E-state index contributed by atoms with van der Waals surface area (Å²) in [7, 11) is 0. The van der Waals surface area contributed by atoms with E-state index in [0.717, 1.165) is 0 Å². The molecule has 2 aromatic heterocycles. The lowest BCUT2D eigenvalue weighted by molar-refractivity contribution is 1.37. The van der Waals surface area contributed by atoms with Crippen LogP contribution < -0.4 is 0 Å². The Morgan fingerprint density at radius 3 is 1.44 bits per heavy atom. The van der Waals surface area contributed by atoms with E-state index in [1.807, 2.05) is 0 Å². The Balaban J connectivity index is 1.42. The van der Waals surface area contributed by atoms with Crippen LogP contribution in [-0.2, 0) is 0 Å². The largest absolute Gasteiger partial charge is 0.308 e. The molecule has 2 heterocycles. The summed E-state index contributed by atoms with van der Waals surface area (Å²) in [6.45, 7) is 0. The third-order valence-electron chi connectivity index (χ3n) is 9.45. The van der Waals surface area contributed by atoms with Gasteiger partial charge in [0, 0.05) is 21.5 Å². The van der Waals surface area contributed by atoms with Crippen LogP contribution in [0.2, 0.25) is 0 Å². The summed E-state index contributed by atoms with van der Waals surface area (Å²) in [5.41, 5.74) is 8.96. The van der Waals surface area contributed by atoms with Gasteiger partial charge in [-0.05, 0) is 84.9 Å². The molecule has 1 nitrogen and oxygen atoms in total. The highest BCUT2D eigenvalue weighted by Crippen LogP contribution is 2.47. The molecule has 0 N–H and O–H groups in total. The first kappa shape index (κ1) is 23.0. The molecular formula is C42H25N. The molecule has 43 heavy (non-hydrogen) atoms. The van der Waals surface area contributed by atoms with Gasteiger partial charge in [0.05, 0.1) is 16.6 Å². The highest BCUT2D eigenvalue weighted by molar-refractivity contribution is 6.28. The molecule has 0 spiro atoms. The molecule has 0 unspecified atom stereocenters. The van der Waals surface area contributed by atoms with Crippen LogP contribution in [0, 0.1) is 0 Å². The van der Waals surface area contributed by atoms with Crippen LogP contribution in [0.4, 0.5) is 0 Å². The SMILES string of the molecule is c1ccc(-c2c3ccccc3c(-c3cc4c5ccccc5n5c6cc7ccccc7cc6c(c3)c45)c3ccccc23)cc1. The van der Waals surface area contributed by atoms with Gasteiger partial charge in [-0.2, -0.15) is 0 Å². The van der Waals surface area contributed by atoms with Crippen molar-refractivity contribution in [3.05, 3.63) is 152 Å². The highest BCUT2D eigenvalue weighted by Gasteiger charge is 2.22. The van der Waals surface area contributed by atoms with E-state index < -0.39 is 0 Å². The summed E-state index contributed by atoms with van der Waals surface area (Å²) in [6.07, 6.45) is 0. The van der Waals surface area contributed by atoms with Crippen LogP contribution in [0.5, 0.6) is 0 Å². The summed E-state index contributed by atoms with van der Waals surface area (Å²) in [4.78, 5) is 0. The van der Waals surface area contributed by atoms with Crippen molar-refractivity contribution in [2.45, 2.75) is 0 Å². The first-order valence-electron chi connectivity index (χ1n) is 15.0. The number of nitrogens with zero attached hydrogens (tertiary/aromatic N) is 1. The number of fused-ring (bicyclic) bond motifs is 9. The topological polar surface area (TPSA) is 4.41 Å². The van der Waals surface area contributed by atoms with Crippen molar-refractivity contribution in [3.8, 4) is 22.3 Å². The lowest BCUT2D eigenvalue weighted by Crippen LogP contribution is -1.90. The molecule has 0 aliphatic heterocycles. The van der Waals surface area contributed by atoms with Crippen molar-refractivity contribution in [3.63, 3.8) is 0 Å². The smallest absolute Gasteiger partial charge is 0.0620 e. The number of para-hydroxylation sites is 1. The van der Waals surface area contributed by atoms with Gasteiger partial charge in [-0.15, -0.1) is 0 Å². The van der Waals surface area contributed by atoms with E-state index in [1.54, 1.807) is 0 Å². The number of rotatable bonds is 2. The van der Waals surface area contributed by atoms with Crippen molar-refractivity contribution in [2.75, 3.05) is 0 Å². The van der Waals surface area contributed by atoms with Crippen LogP contribution >= 0.6 is 0 Å². The van der Waals surface area contributed by atoms with Crippen molar-refractivity contribution in [2.24, 2.45) is 0 Å². The van der Waals surface area contributed by atoms with E-state index in [9.17, 15) is 0 Å². The maximum absolute atomic E-state index is 2.49. The Morgan fingerprint density at radius 2 is 0.791 bits per heavy atom. The minimum atomic E-state index is 1.25. The van der Waals surface area contributed by atoms with E-state index >= 15 is 0 Å². The second-order valence-corrected chi connectivity index (χ2v) is 11.7. The van der Waals surface area contributed by atoms with E-state index in [0.29, 0.717) is 0 Å². The third-order valence-corrected chi connectivity index (χ3v) is 9.45. The summed E-state index contributed by atoms with van der Waals surface area (Å²) in [6, 6.07) is 56.0. The van der Waals surface area contributed by atoms with Crippen molar-refractivity contribution in [1.29, 1.82) is 0 Å². The zero-order valence-electron chi connectivity index (χ0n) is 23.4. The molecule has 0 atom stereocenters. The fourth-order valence-electron chi connectivity index (χ4n) is 7.68. The highest BCUT2D eigenvalue weighted by atomic mass is 14.9. The van der Waals surface area contributed by atoms with Gasteiger partial charge in [-0.25, -0.2) is 0 Å². The lowest BCUT2D eigenvalue weighted by atomic mass is 9.85. The Bertz CT molecular complexity index is 2650. The molecule has 198 valence electrons. The molecule has 0 saturated carbocycles. The Labute approximate surface area is 248 Å². The Hall–Kier alpha value is -5.66. The van der Waals surface area contributed by atoms with Crippen LogP contribution in [0.3, 0.4) is 0 Å². The van der Waals surface area contributed by atoms with E-state index in [4.69, 9.17) is 0 Å². The maximum atomic E-state index is 2.49. The number of hydrogen-bond acceptors (Lipinski definition) is 0. The molecule has 0 bridgehead atoms. The first-order valence-corrected chi connectivity index (χ1v) is 15.0. The summed E-state index contributed by atoms with van der Waals surface area (Å²) in [5, 5.41) is 12.9. The Morgan fingerprint density at radius 1 is 0.302 bits per heavy atom. The van der Waals surface area contributed by atoms with Crippen LogP contribution in [0.25, 0.3) is 92.7 Å². The van der Waals surface area contributed by atoms with E-state index in [-0.39, 0.29) is 0 Å². The maximum Gasteiger partial charge on any atom is 0.0620 e. The number of aromatic nitrogens is 1. The minimum Gasteiger partial charge on any atom is -0.308 e. The quantitative estimate of drug-likeness (QED) is 0.191. The molecule has 1 heteroatoms. The zero-order chi connectivity index (χ0) is 28.1. The van der Waals surface area contributed by atoms with Gasteiger partial charge in [-0.1, -0.05) is 121 Å². The fourth-order valence-corrected chi connectivity index (χ4v) is 7.68. The molecule has 8 aromatic carbocycles. The third kappa shape index (κ3) is 3.06. The van der Waals surface area contributed by atoms with Crippen molar-refractivity contribution < 1.29 is 0 Å². The normalized spacial score (nSPS) is 12.2. The summed E-state index contributed by atoms with van der Waals surface area (Å²) in [5.74, 6) is 0. The van der Waals surface area contributed by atoms with Gasteiger partial charge < -0.3 is 4.40 Å². The van der Waals surface area contributed by atoms with Crippen LogP contribution in [0.1, 0.15) is 0 Å². The summed E-state index contributed by atoms with van der Waals surface area (Å²) >= 11 is 0. The molecule has 0 aliphatic carbocycles. The second kappa shape index (κ2) is 8.44. The minimum absolute atomic E-state index is 1.25. The monoisotopic (exact) mass is 543 g/mol. The first-order chi connectivity index (χ1) is 21.3. The molecule has 0 saturated heterocycles. The average molecular weight is 544 g/mol. The number of hydrogen-bond donors (Lipinski definition) is 0. The van der Waals surface area contributed by atoms with Gasteiger partial charge >= 0.3 is 0 Å². The fraction of sp³-hybridized carbons (Fsp3) is 0. The standard InChI is InChI=1S/C42H25N/c1-2-12-26(13-3-1)40-31-17-6-8-19-33(31)41(34-20-9-7-18-32(34)40)29-23-36-30-16-10-11-21-38(30)43-39-25-28-15-5-4-14-27(28)22-35(39)37(24-29)42(36)43/h1-25H. The molecule has 0 aliphatic rings.